The molecular weight excluding hydrogens is 623 g/mol. The minimum absolute atomic E-state index is 0.0450. The molecule has 1 fully saturated rings. The lowest BCUT2D eigenvalue weighted by Crippen LogP contribution is -2.54. The van der Waals surface area contributed by atoms with Crippen molar-refractivity contribution < 1.29 is 22.7 Å². The number of hydrogen-bond donors (Lipinski definition) is 1. The van der Waals surface area contributed by atoms with Crippen LogP contribution in [0.25, 0.3) is 0 Å². The van der Waals surface area contributed by atoms with Crippen molar-refractivity contribution in [2.75, 3.05) is 17.5 Å². The normalized spacial score (nSPS) is 13.9. The van der Waals surface area contributed by atoms with Crippen LogP contribution in [0.4, 0.5) is 5.69 Å². The maximum Gasteiger partial charge on any atom is 0.264 e. The summed E-state index contributed by atoms with van der Waals surface area (Å²) in [5.41, 5.74) is 3.96. The fourth-order valence-electron chi connectivity index (χ4n) is 6.10. The van der Waals surface area contributed by atoms with Crippen LogP contribution in [-0.4, -0.2) is 50.4 Å². The average Bonchev–Trinajstić information content (AvgIpc) is 3.60. The number of para-hydroxylation sites is 2. The molecule has 1 aliphatic carbocycles. The van der Waals surface area contributed by atoms with E-state index >= 15 is 0 Å². The number of sulfonamides is 1. The summed E-state index contributed by atoms with van der Waals surface area (Å²) in [6.07, 6.45) is 4.16. The number of rotatable bonds is 14. The number of hydrogen-bond acceptors (Lipinski definition) is 5. The smallest absolute Gasteiger partial charge is 0.264 e. The third kappa shape index (κ3) is 8.63. The summed E-state index contributed by atoms with van der Waals surface area (Å²) in [6, 6.07) is 30.0. The van der Waals surface area contributed by atoms with Crippen molar-refractivity contribution in [2.24, 2.45) is 0 Å². The van der Waals surface area contributed by atoms with E-state index in [1.165, 1.54) is 0 Å². The summed E-state index contributed by atoms with van der Waals surface area (Å²) >= 11 is 0. The number of nitrogens with zero attached hydrogens (tertiary/aromatic N) is 2. The Bertz CT molecular complexity index is 1770. The van der Waals surface area contributed by atoms with E-state index in [-0.39, 0.29) is 35.5 Å². The third-order valence-electron chi connectivity index (χ3n) is 8.77. The molecule has 0 aromatic heterocycles. The maximum atomic E-state index is 14.8. The van der Waals surface area contributed by atoms with Crippen LogP contribution in [0, 0.1) is 13.8 Å². The Labute approximate surface area is 284 Å². The van der Waals surface area contributed by atoms with Crippen molar-refractivity contribution >= 4 is 27.5 Å². The van der Waals surface area contributed by atoms with Crippen LogP contribution in [0.2, 0.25) is 0 Å². The summed E-state index contributed by atoms with van der Waals surface area (Å²) in [6.45, 7) is 5.59. The van der Waals surface area contributed by atoms with Crippen LogP contribution in [0.15, 0.2) is 108 Å². The van der Waals surface area contributed by atoms with Gasteiger partial charge in [-0.1, -0.05) is 103 Å². The predicted molar refractivity (Wildman–Crippen MR) is 189 cm³/mol. The monoisotopic (exact) mass is 667 g/mol. The largest absolute Gasteiger partial charge is 0.492 e. The van der Waals surface area contributed by atoms with Crippen LogP contribution in [0.5, 0.6) is 5.75 Å². The van der Waals surface area contributed by atoms with Gasteiger partial charge in [0.1, 0.15) is 18.3 Å². The quantitative estimate of drug-likeness (QED) is 0.164. The summed E-state index contributed by atoms with van der Waals surface area (Å²) in [5.74, 6) is -0.401. The molecule has 2 amide bonds. The van der Waals surface area contributed by atoms with Gasteiger partial charge in [0.15, 0.2) is 0 Å². The molecule has 0 spiro atoms. The van der Waals surface area contributed by atoms with Crippen molar-refractivity contribution in [2.45, 2.75) is 76.4 Å². The summed E-state index contributed by atoms with van der Waals surface area (Å²) in [5, 5.41) is 3.22. The molecule has 0 saturated heterocycles. The highest BCUT2D eigenvalue weighted by atomic mass is 32.2. The van der Waals surface area contributed by atoms with Crippen molar-refractivity contribution in [3.05, 3.63) is 125 Å². The molecule has 4 aromatic rings. The fourth-order valence-corrected chi connectivity index (χ4v) is 7.53. The van der Waals surface area contributed by atoms with Gasteiger partial charge in [-0.2, -0.15) is 0 Å². The summed E-state index contributed by atoms with van der Waals surface area (Å²) < 4.78 is 35.8. The molecule has 1 saturated carbocycles. The molecule has 252 valence electrons. The molecule has 8 nitrogen and oxygen atoms in total. The molecule has 0 bridgehead atoms. The zero-order chi connectivity index (χ0) is 34.1. The maximum absolute atomic E-state index is 14.8. The van der Waals surface area contributed by atoms with Gasteiger partial charge in [-0.15, -0.1) is 0 Å². The molecule has 0 aliphatic heterocycles. The number of aryl methyl sites for hydroxylation is 2. The minimum atomic E-state index is -4.24. The van der Waals surface area contributed by atoms with E-state index in [4.69, 9.17) is 4.74 Å². The highest BCUT2D eigenvalue weighted by Gasteiger charge is 2.36. The summed E-state index contributed by atoms with van der Waals surface area (Å²) in [7, 11) is -4.24. The van der Waals surface area contributed by atoms with Crippen LogP contribution >= 0.6 is 0 Å². The molecule has 0 radical (unpaired) electrons. The van der Waals surface area contributed by atoms with E-state index in [0.717, 1.165) is 52.2 Å². The molecule has 9 heteroatoms. The van der Waals surface area contributed by atoms with Gasteiger partial charge in [0.05, 0.1) is 17.2 Å². The lowest BCUT2D eigenvalue weighted by molar-refractivity contribution is -0.140. The van der Waals surface area contributed by atoms with Gasteiger partial charge in [-0.05, 0) is 69.0 Å². The zero-order valence-corrected chi connectivity index (χ0v) is 28.8. The van der Waals surface area contributed by atoms with Gasteiger partial charge in [-0.25, -0.2) is 8.42 Å². The van der Waals surface area contributed by atoms with Crippen molar-refractivity contribution in [3.8, 4) is 5.75 Å². The Morgan fingerprint density at radius 1 is 0.812 bits per heavy atom. The van der Waals surface area contributed by atoms with Crippen molar-refractivity contribution in [1.82, 2.24) is 10.2 Å². The lowest BCUT2D eigenvalue weighted by atomic mass is 10.0. The number of anilines is 1. The Morgan fingerprint density at radius 3 is 2.06 bits per heavy atom. The topological polar surface area (TPSA) is 96.0 Å². The van der Waals surface area contributed by atoms with Gasteiger partial charge >= 0.3 is 0 Å². The zero-order valence-electron chi connectivity index (χ0n) is 28.0. The van der Waals surface area contributed by atoms with Gasteiger partial charge in [-0.3, -0.25) is 13.9 Å². The first-order valence-corrected chi connectivity index (χ1v) is 18.1. The van der Waals surface area contributed by atoms with Gasteiger partial charge in [0.25, 0.3) is 10.0 Å². The SMILES string of the molecule is CCOc1ccccc1N(CC(=O)N(Cc1ccc(C)cc1)[C@@H](Cc1ccccc1)C(=O)NC1CCCC1)S(=O)(=O)c1ccc(C)cc1. The van der Waals surface area contributed by atoms with E-state index in [0.29, 0.717) is 12.4 Å². The lowest BCUT2D eigenvalue weighted by Gasteiger charge is -2.34. The first-order chi connectivity index (χ1) is 23.2. The molecule has 1 atom stereocenters. The summed E-state index contributed by atoms with van der Waals surface area (Å²) in [4.78, 5) is 30.6. The molecule has 0 heterocycles. The van der Waals surface area contributed by atoms with Gasteiger partial charge in [0.2, 0.25) is 11.8 Å². The average molecular weight is 668 g/mol. The third-order valence-corrected chi connectivity index (χ3v) is 10.5. The second-order valence-corrected chi connectivity index (χ2v) is 14.3. The Kier molecular flexibility index (Phi) is 11.5. The van der Waals surface area contributed by atoms with Gasteiger partial charge in [0, 0.05) is 19.0 Å². The van der Waals surface area contributed by atoms with Crippen LogP contribution < -0.4 is 14.4 Å². The molecule has 5 rings (SSSR count). The van der Waals surface area contributed by atoms with E-state index in [1.807, 2.05) is 75.4 Å². The second kappa shape index (κ2) is 16.0. The second-order valence-electron chi connectivity index (χ2n) is 12.4. The first kappa shape index (κ1) is 34.7. The standard InChI is InChI=1S/C39H45N3O5S/c1-4-47-37-17-11-10-16-35(37)42(48(45,46)34-24-20-30(3)21-25-34)28-38(43)41(27-32-22-18-29(2)19-23-32)36(26-31-12-6-5-7-13-31)39(44)40-33-14-8-9-15-33/h5-7,10-13,16-25,33,36H,4,8-9,14-15,26-28H2,1-3H3,(H,40,44)/t36-/m0/s1. The Hall–Kier alpha value is -4.63. The van der Waals surface area contributed by atoms with E-state index in [2.05, 4.69) is 5.32 Å². The van der Waals surface area contributed by atoms with Crippen LogP contribution in [0.1, 0.15) is 54.9 Å². The number of benzene rings is 4. The number of amides is 2. The Balaban J connectivity index is 1.59. The molecule has 0 unspecified atom stereocenters. The van der Waals surface area contributed by atoms with Gasteiger partial charge < -0.3 is 15.0 Å². The minimum Gasteiger partial charge on any atom is -0.492 e. The molecule has 4 aromatic carbocycles. The molecular formula is C39H45N3O5S. The number of carbonyl (C=O) groups excluding carboxylic acids is 2. The highest BCUT2D eigenvalue weighted by Crippen LogP contribution is 2.33. The molecule has 1 aliphatic rings. The number of ether oxygens (including phenoxy) is 1. The molecule has 48 heavy (non-hydrogen) atoms. The van der Waals surface area contributed by atoms with Crippen molar-refractivity contribution in [3.63, 3.8) is 0 Å². The van der Waals surface area contributed by atoms with E-state index < -0.39 is 28.5 Å². The fraction of sp³-hybridized carbons (Fsp3) is 0.333. The highest BCUT2D eigenvalue weighted by molar-refractivity contribution is 7.92. The van der Waals surface area contributed by atoms with E-state index in [9.17, 15) is 18.0 Å². The number of carbonyl (C=O) groups is 2. The molecule has 1 N–H and O–H groups in total. The number of nitrogens with one attached hydrogen (secondary N) is 1. The van der Waals surface area contributed by atoms with E-state index in [1.54, 1.807) is 53.4 Å². The first-order valence-electron chi connectivity index (χ1n) is 16.7. The van der Waals surface area contributed by atoms with Crippen LogP contribution in [0.3, 0.4) is 0 Å². The van der Waals surface area contributed by atoms with Crippen molar-refractivity contribution in [1.29, 1.82) is 0 Å². The Morgan fingerprint density at radius 2 is 1.42 bits per heavy atom. The van der Waals surface area contributed by atoms with Crippen LogP contribution in [-0.2, 0) is 32.6 Å². The predicted octanol–water partition coefficient (Wildman–Crippen LogP) is 6.60.